The van der Waals surface area contributed by atoms with Crippen molar-refractivity contribution in [1.82, 2.24) is 16.0 Å². The van der Waals surface area contributed by atoms with Gasteiger partial charge in [-0.05, 0) is 0 Å². The first kappa shape index (κ1) is 22.6. The van der Waals surface area contributed by atoms with Crippen LogP contribution >= 0.6 is 0 Å². The molecule has 0 aliphatic carbocycles. The fraction of sp³-hybridized carbons (Fsp3) is 1.00. The Labute approximate surface area is 142 Å². The van der Waals surface area contributed by atoms with Gasteiger partial charge < -0.3 is 0 Å². The van der Waals surface area contributed by atoms with Gasteiger partial charge in [-0.1, -0.05) is 0 Å². The average Bonchev–Trinajstić information content (AvgIpc) is 2.51. The van der Waals surface area contributed by atoms with Crippen molar-refractivity contribution in [3.63, 3.8) is 0 Å². The molecule has 0 aliphatic rings. The van der Waals surface area contributed by atoms with Crippen molar-refractivity contribution < 1.29 is 20.3 Å². The van der Waals surface area contributed by atoms with Crippen molar-refractivity contribution in [2.24, 2.45) is 17.2 Å². The van der Waals surface area contributed by atoms with Crippen molar-refractivity contribution in [3.05, 3.63) is 0 Å². The monoisotopic (exact) mass is 394 g/mol. The fourth-order valence-electron chi connectivity index (χ4n) is 2.93. The third-order valence-electron chi connectivity index (χ3n) is 4.59. The Bertz CT molecular complexity index is 209. The first-order chi connectivity index (χ1) is 10.6. The Morgan fingerprint density at radius 3 is 1.18 bits per heavy atom. The molecule has 6 nitrogen and oxygen atoms in total. The van der Waals surface area contributed by atoms with Crippen LogP contribution in [0.4, 0.5) is 0 Å². The van der Waals surface area contributed by atoms with E-state index < -0.39 is 20.3 Å². The van der Waals surface area contributed by atoms with Gasteiger partial charge in [0, 0.05) is 0 Å². The SMILES string of the molecule is C[CH](C)[Zr]([CH2]CNCCN)([CH2]CNCCN)[CH2]CNCCN. The van der Waals surface area contributed by atoms with Crippen molar-refractivity contribution in [1.29, 1.82) is 0 Å². The maximum absolute atomic E-state index is 5.58. The van der Waals surface area contributed by atoms with Gasteiger partial charge in [-0.3, -0.25) is 0 Å². The second-order valence-corrected chi connectivity index (χ2v) is 19.6. The summed E-state index contributed by atoms with van der Waals surface area (Å²) in [5, 5.41) is 10.5. The van der Waals surface area contributed by atoms with E-state index in [0.717, 1.165) is 62.5 Å². The van der Waals surface area contributed by atoms with E-state index in [1.807, 2.05) is 0 Å². The molecule has 0 saturated heterocycles. The molecule has 0 bridgehead atoms. The molecule has 9 N–H and O–H groups in total. The van der Waals surface area contributed by atoms with E-state index in [1.165, 1.54) is 12.4 Å². The zero-order valence-electron chi connectivity index (χ0n) is 14.8. The van der Waals surface area contributed by atoms with E-state index >= 15 is 0 Å². The van der Waals surface area contributed by atoms with Crippen LogP contribution in [0.1, 0.15) is 13.8 Å². The van der Waals surface area contributed by atoms with Crippen molar-refractivity contribution >= 4 is 0 Å². The standard InChI is InChI=1S/3C4H11N2.C3H7.Zr/c3*1-2-6-4-3-5;1-3-2;/h3*6H,1-5H2;3H,1-2H3;. The van der Waals surface area contributed by atoms with Crippen LogP contribution in [0.3, 0.4) is 0 Å². The fourth-order valence-corrected chi connectivity index (χ4v) is 14.0. The third-order valence-corrected chi connectivity index (χ3v) is 19.8. The molecule has 0 aliphatic heterocycles. The molecule has 7 heteroatoms. The average molecular weight is 396 g/mol. The molecular formula is C15H40N6Zr. The van der Waals surface area contributed by atoms with Crippen molar-refractivity contribution in [2.45, 2.75) is 29.9 Å². The topological polar surface area (TPSA) is 114 Å². The van der Waals surface area contributed by atoms with Crippen LogP contribution in [0.5, 0.6) is 0 Å². The summed E-state index contributed by atoms with van der Waals surface area (Å²) in [5.74, 6) is 0. The summed E-state index contributed by atoms with van der Waals surface area (Å²) in [7, 11) is 0. The molecule has 0 atom stereocenters. The maximum atomic E-state index is 5.58. The van der Waals surface area contributed by atoms with Crippen LogP contribution in [0, 0.1) is 0 Å². The van der Waals surface area contributed by atoms with Crippen LogP contribution in [0.25, 0.3) is 0 Å². The Hall–Kier alpha value is 0.643. The second kappa shape index (κ2) is 15.2. The molecule has 0 radical (unpaired) electrons. The van der Waals surface area contributed by atoms with E-state index in [2.05, 4.69) is 29.8 Å². The summed E-state index contributed by atoms with van der Waals surface area (Å²) >= 11 is -2.19. The zero-order valence-corrected chi connectivity index (χ0v) is 17.3. The molecule has 0 spiro atoms. The van der Waals surface area contributed by atoms with Gasteiger partial charge in [-0.15, -0.1) is 0 Å². The van der Waals surface area contributed by atoms with E-state index in [-0.39, 0.29) is 0 Å². The number of hydrogen-bond acceptors (Lipinski definition) is 6. The van der Waals surface area contributed by atoms with E-state index in [0.29, 0.717) is 0 Å². The van der Waals surface area contributed by atoms with Crippen LogP contribution in [0.15, 0.2) is 0 Å². The van der Waals surface area contributed by atoms with Crippen molar-refractivity contribution in [2.75, 3.05) is 58.9 Å². The molecule has 0 aromatic carbocycles. The molecular weight excluding hydrogens is 355 g/mol. The Balaban J connectivity index is 4.48. The molecule has 0 fully saturated rings. The molecule has 0 aromatic heterocycles. The summed E-state index contributed by atoms with van der Waals surface area (Å²) in [6.07, 6.45) is 0. The van der Waals surface area contributed by atoms with Gasteiger partial charge in [-0.2, -0.15) is 0 Å². The summed E-state index contributed by atoms with van der Waals surface area (Å²) in [4.78, 5) is 0. The normalized spacial score (nSPS) is 12.3. The van der Waals surface area contributed by atoms with Crippen LogP contribution < -0.4 is 33.2 Å². The molecule has 134 valence electrons. The summed E-state index contributed by atoms with van der Waals surface area (Å²) in [6, 6.07) is 0. The third kappa shape index (κ3) is 10.4. The molecule has 22 heavy (non-hydrogen) atoms. The minimum atomic E-state index is -2.19. The summed E-state index contributed by atoms with van der Waals surface area (Å²) < 4.78 is 5.02. The first-order valence-electron chi connectivity index (χ1n) is 8.85. The van der Waals surface area contributed by atoms with Gasteiger partial charge in [0.25, 0.3) is 0 Å². The van der Waals surface area contributed by atoms with Crippen LogP contribution in [0.2, 0.25) is 16.0 Å². The number of nitrogens with one attached hydrogen (secondary N) is 3. The molecule has 0 amide bonds. The zero-order chi connectivity index (χ0) is 16.7. The van der Waals surface area contributed by atoms with E-state index in [9.17, 15) is 0 Å². The van der Waals surface area contributed by atoms with Crippen molar-refractivity contribution in [3.8, 4) is 0 Å². The van der Waals surface area contributed by atoms with Crippen LogP contribution in [-0.4, -0.2) is 58.9 Å². The molecule has 0 heterocycles. The van der Waals surface area contributed by atoms with Gasteiger partial charge in [-0.25, -0.2) is 0 Å². The Morgan fingerprint density at radius 1 is 0.636 bits per heavy atom. The van der Waals surface area contributed by atoms with Gasteiger partial charge >= 0.3 is 142 Å². The summed E-state index contributed by atoms with van der Waals surface area (Å²) in [6.45, 7) is 13.2. The number of rotatable bonds is 16. The Kier molecular flexibility index (Phi) is 15.6. The second-order valence-electron chi connectivity index (χ2n) is 6.38. The number of nitrogens with two attached hydrogens (primary N) is 3. The molecule has 0 rings (SSSR count). The molecule has 0 aromatic rings. The minimum absolute atomic E-state index is 0.723. The number of hydrogen-bond donors (Lipinski definition) is 6. The van der Waals surface area contributed by atoms with Gasteiger partial charge in [0.15, 0.2) is 0 Å². The van der Waals surface area contributed by atoms with Gasteiger partial charge in [0.05, 0.1) is 0 Å². The van der Waals surface area contributed by atoms with Crippen LogP contribution in [-0.2, 0) is 20.3 Å². The summed E-state index contributed by atoms with van der Waals surface area (Å²) in [5.41, 5.74) is 16.7. The Morgan fingerprint density at radius 2 is 0.955 bits per heavy atom. The molecule has 0 unspecified atom stereocenters. The quantitative estimate of drug-likeness (QED) is 0.203. The van der Waals surface area contributed by atoms with Gasteiger partial charge in [0.1, 0.15) is 0 Å². The van der Waals surface area contributed by atoms with E-state index in [4.69, 9.17) is 17.2 Å². The van der Waals surface area contributed by atoms with E-state index in [1.54, 1.807) is 0 Å². The van der Waals surface area contributed by atoms with Gasteiger partial charge in [0.2, 0.25) is 0 Å². The first-order valence-corrected chi connectivity index (χ1v) is 15.5. The molecule has 0 saturated carbocycles. The predicted octanol–water partition coefficient (Wildman–Crippen LogP) is -0.132. The predicted molar refractivity (Wildman–Crippen MR) is 95.3 cm³/mol.